The number of furan rings is 1. The first kappa shape index (κ1) is 15.6. The van der Waals surface area contributed by atoms with Crippen LogP contribution in [0.4, 0.5) is 5.69 Å². The summed E-state index contributed by atoms with van der Waals surface area (Å²) in [6.45, 7) is 2.52. The van der Waals surface area contributed by atoms with Gasteiger partial charge in [0.1, 0.15) is 0 Å². The van der Waals surface area contributed by atoms with Gasteiger partial charge in [0.25, 0.3) is 5.91 Å². The number of aromatic nitrogens is 1. The topological polar surface area (TPSA) is 46.3 Å². The molecule has 0 aliphatic carbocycles. The molecule has 0 radical (unpaired) electrons. The molecular formula is C20H16N2O2S. The molecule has 0 spiro atoms. The second-order valence-corrected chi connectivity index (χ2v) is 6.57. The number of thiazole rings is 1. The molecule has 0 N–H and O–H groups in total. The van der Waals surface area contributed by atoms with Crippen LogP contribution in [0.25, 0.3) is 21.0 Å². The monoisotopic (exact) mass is 348 g/mol. The fourth-order valence-corrected chi connectivity index (χ4v) is 3.66. The summed E-state index contributed by atoms with van der Waals surface area (Å²) in [6, 6.07) is 21.1. The molecule has 5 heteroatoms. The zero-order valence-electron chi connectivity index (χ0n) is 13.7. The van der Waals surface area contributed by atoms with Gasteiger partial charge in [0.05, 0.1) is 10.2 Å². The third-order valence-electron chi connectivity index (χ3n) is 3.95. The Morgan fingerprint density at radius 3 is 2.56 bits per heavy atom. The molecule has 4 nitrogen and oxygen atoms in total. The first-order valence-electron chi connectivity index (χ1n) is 8.09. The van der Waals surface area contributed by atoms with Crippen molar-refractivity contribution in [2.75, 3.05) is 11.4 Å². The van der Waals surface area contributed by atoms with Crippen molar-refractivity contribution in [3.05, 3.63) is 72.5 Å². The van der Waals surface area contributed by atoms with Crippen molar-refractivity contribution >= 4 is 33.1 Å². The van der Waals surface area contributed by atoms with Crippen molar-refractivity contribution in [3.8, 4) is 10.8 Å². The molecule has 2 aromatic heterocycles. The Labute approximate surface area is 149 Å². The summed E-state index contributed by atoms with van der Waals surface area (Å²) in [5.74, 6) is 0.787. The van der Waals surface area contributed by atoms with Gasteiger partial charge in [-0.3, -0.25) is 4.79 Å². The summed E-state index contributed by atoms with van der Waals surface area (Å²) < 4.78 is 6.92. The van der Waals surface area contributed by atoms with Gasteiger partial charge in [0, 0.05) is 12.2 Å². The van der Waals surface area contributed by atoms with Gasteiger partial charge in [0.15, 0.2) is 16.5 Å². The van der Waals surface area contributed by atoms with E-state index in [0.717, 1.165) is 20.9 Å². The molecule has 124 valence electrons. The van der Waals surface area contributed by atoms with Crippen LogP contribution in [0.15, 0.2) is 71.1 Å². The van der Waals surface area contributed by atoms with E-state index in [-0.39, 0.29) is 5.91 Å². The molecule has 0 saturated heterocycles. The highest BCUT2D eigenvalue weighted by Gasteiger charge is 2.20. The van der Waals surface area contributed by atoms with E-state index in [4.69, 9.17) is 4.42 Å². The molecule has 1 amide bonds. The van der Waals surface area contributed by atoms with Crippen molar-refractivity contribution in [3.63, 3.8) is 0 Å². The van der Waals surface area contributed by atoms with Crippen LogP contribution in [0.3, 0.4) is 0 Å². The SMILES string of the molecule is CCN(C(=O)c1ccc(-c2nc3ccccc3s2)o1)c1ccccc1. The van der Waals surface area contributed by atoms with E-state index in [2.05, 4.69) is 4.98 Å². The fourth-order valence-electron chi connectivity index (χ4n) is 2.73. The normalized spacial score (nSPS) is 10.9. The predicted octanol–water partition coefficient (Wildman–Crippen LogP) is 5.22. The van der Waals surface area contributed by atoms with E-state index in [1.54, 1.807) is 22.3 Å². The van der Waals surface area contributed by atoms with E-state index in [1.165, 1.54) is 0 Å². The molecule has 2 aromatic carbocycles. The quantitative estimate of drug-likeness (QED) is 0.508. The molecule has 0 bridgehead atoms. The number of nitrogens with zero attached hydrogens (tertiary/aromatic N) is 2. The van der Waals surface area contributed by atoms with Crippen LogP contribution in [0.5, 0.6) is 0 Å². The smallest absolute Gasteiger partial charge is 0.293 e. The van der Waals surface area contributed by atoms with Crippen molar-refractivity contribution in [2.24, 2.45) is 0 Å². The predicted molar refractivity (Wildman–Crippen MR) is 101 cm³/mol. The van der Waals surface area contributed by atoms with Gasteiger partial charge in [-0.1, -0.05) is 30.3 Å². The first-order valence-corrected chi connectivity index (χ1v) is 8.90. The molecule has 2 heterocycles. The van der Waals surface area contributed by atoms with Crippen LogP contribution in [-0.4, -0.2) is 17.4 Å². The maximum atomic E-state index is 12.8. The van der Waals surface area contributed by atoms with Crippen molar-refractivity contribution in [1.82, 2.24) is 4.98 Å². The lowest BCUT2D eigenvalue weighted by atomic mass is 10.2. The summed E-state index contributed by atoms with van der Waals surface area (Å²) in [6.07, 6.45) is 0. The van der Waals surface area contributed by atoms with E-state index >= 15 is 0 Å². The van der Waals surface area contributed by atoms with Gasteiger partial charge < -0.3 is 9.32 Å². The second kappa shape index (κ2) is 6.53. The first-order chi connectivity index (χ1) is 12.3. The Bertz CT molecular complexity index is 987. The van der Waals surface area contributed by atoms with Crippen LogP contribution in [0, 0.1) is 0 Å². The van der Waals surface area contributed by atoms with Gasteiger partial charge in [-0.05, 0) is 43.3 Å². The highest BCUT2D eigenvalue weighted by molar-refractivity contribution is 7.21. The standard InChI is InChI=1S/C20H16N2O2S/c1-2-22(14-8-4-3-5-9-14)20(23)17-13-12-16(24-17)19-21-15-10-6-7-11-18(15)25-19/h3-13H,2H2,1H3. The van der Waals surface area contributed by atoms with Crippen molar-refractivity contribution in [2.45, 2.75) is 6.92 Å². The van der Waals surface area contributed by atoms with Gasteiger partial charge in [-0.2, -0.15) is 0 Å². The number of hydrogen-bond donors (Lipinski definition) is 0. The molecule has 0 aliphatic heterocycles. The highest BCUT2D eigenvalue weighted by atomic mass is 32.1. The summed E-state index contributed by atoms with van der Waals surface area (Å²) in [4.78, 5) is 19.1. The average Bonchev–Trinajstić information content (AvgIpc) is 3.30. The molecule has 0 saturated carbocycles. The zero-order valence-corrected chi connectivity index (χ0v) is 14.5. The third-order valence-corrected chi connectivity index (χ3v) is 5.00. The maximum absolute atomic E-state index is 12.8. The number of rotatable bonds is 4. The van der Waals surface area contributed by atoms with Crippen LogP contribution < -0.4 is 4.90 Å². The van der Waals surface area contributed by atoms with E-state index < -0.39 is 0 Å². The summed E-state index contributed by atoms with van der Waals surface area (Å²) in [5.41, 5.74) is 1.79. The van der Waals surface area contributed by atoms with Gasteiger partial charge in [-0.25, -0.2) is 4.98 Å². The third kappa shape index (κ3) is 2.94. The van der Waals surface area contributed by atoms with E-state index in [1.807, 2.05) is 67.6 Å². The average molecular weight is 348 g/mol. The molecule has 25 heavy (non-hydrogen) atoms. The van der Waals surface area contributed by atoms with Crippen molar-refractivity contribution < 1.29 is 9.21 Å². The minimum atomic E-state index is -0.152. The van der Waals surface area contributed by atoms with Crippen LogP contribution >= 0.6 is 11.3 Å². The number of fused-ring (bicyclic) bond motifs is 1. The lowest BCUT2D eigenvalue weighted by Gasteiger charge is -2.19. The highest BCUT2D eigenvalue weighted by Crippen LogP contribution is 2.31. The molecule has 0 aliphatic rings. The lowest BCUT2D eigenvalue weighted by molar-refractivity contribution is 0.0962. The number of para-hydroxylation sites is 2. The Morgan fingerprint density at radius 2 is 1.80 bits per heavy atom. The molecule has 0 fully saturated rings. The number of anilines is 1. The van der Waals surface area contributed by atoms with Gasteiger partial charge in [-0.15, -0.1) is 11.3 Å². The minimum Gasteiger partial charge on any atom is -0.448 e. The fraction of sp³-hybridized carbons (Fsp3) is 0.100. The molecule has 4 rings (SSSR count). The Hall–Kier alpha value is -2.92. The summed E-state index contributed by atoms with van der Waals surface area (Å²) in [7, 11) is 0. The Morgan fingerprint density at radius 1 is 1.04 bits per heavy atom. The van der Waals surface area contributed by atoms with Gasteiger partial charge >= 0.3 is 0 Å². The molecule has 0 unspecified atom stereocenters. The van der Waals surface area contributed by atoms with Crippen molar-refractivity contribution in [1.29, 1.82) is 0 Å². The van der Waals surface area contributed by atoms with Gasteiger partial charge in [0.2, 0.25) is 0 Å². The number of benzene rings is 2. The number of carbonyl (C=O) groups is 1. The van der Waals surface area contributed by atoms with Crippen LogP contribution in [0.1, 0.15) is 17.5 Å². The minimum absolute atomic E-state index is 0.152. The summed E-state index contributed by atoms with van der Waals surface area (Å²) >= 11 is 1.56. The van der Waals surface area contributed by atoms with E-state index in [0.29, 0.717) is 18.1 Å². The lowest BCUT2D eigenvalue weighted by Crippen LogP contribution is -2.30. The molecule has 0 atom stereocenters. The molecular weight excluding hydrogens is 332 g/mol. The van der Waals surface area contributed by atoms with Crippen LogP contribution in [0.2, 0.25) is 0 Å². The maximum Gasteiger partial charge on any atom is 0.293 e. The number of amides is 1. The van der Waals surface area contributed by atoms with Crippen LogP contribution in [-0.2, 0) is 0 Å². The molecule has 4 aromatic rings. The summed E-state index contributed by atoms with van der Waals surface area (Å²) in [5, 5.41) is 0.781. The zero-order chi connectivity index (χ0) is 17.2. The number of hydrogen-bond acceptors (Lipinski definition) is 4. The van der Waals surface area contributed by atoms with E-state index in [9.17, 15) is 4.79 Å². The Balaban J connectivity index is 1.65. The Kier molecular flexibility index (Phi) is 4.07. The number of carbonyl (C=O) groups excluding carboxylic acids is 1. The largest absolute Gasteiger partial charge is 0.448 e. The second-order valence-electron chi connectivity index (χ2n) is 5.54.